The first-order valence-corrected chi connectivity index (χ1v) is 14.8. The molecule has 3 rings (SSSR count). The lowest BCUT2D eigenvalue weighted by Crippen LogP contribution is -2.53. The quantitative estimate of drug-likeness (QED) is 0.448. The van der Waals surface area contributed by atoms with Gasteiger partial charge in [0.15, 0.2) is 0 Å². The Kier molecular flexibility index (Phi) is 9.97. The number of nitrogens with zero attached hydrogens (tertiary/aromatic N) is 2. The van der Waals surface area contributed by atoms with Crippen LogP contribution in [0.3, 0.4) is 0 Å². The van der Waals surface area contributed by atoms with Crippen molar-refractivity contribution in [3.8, 4) is 5.75 Å². The molecule has 1 aliphatic rings. The van der Waals surface area contributed by atoms with E-state index >= 15 is 0 Å². The summed E-state index contributed by atoms with van der Waals surface area (Å²) in [5.74, 6) is -0.277. The van der Waals surface area contributed by atoms with Gasteiger partial charge in [-0.15, -0.1) is 0 Å². The van der Waals surface area contributed by atoms with Crippen LogP contribution in [-0.2, 0) is 26.2 Å². The maximum absolute atomic E-state index is 13.9. The highest BCUT2D eigenvalue weighted by Gasteiger charge is 2.33. The maximum atomic E-state index is 13.9. The molecule has 1 fully saturated rings. The van der Waals surface area contributed by atoms with Crippen LogP contribution in [-0.4, -0.2) is 56.6 Å². The minimum atomic E-state index is -3.83. The summed E-state index contributed by atoms with van der Waals surface area (Å²) in [4.78, 5) is 28.7. The monoisotopic (exact) mass is 529 g/mol. The van der Waals surface area contributed by atoms with Gasteiger partial charge in [-0.1, -0.05) is 61.7 Å². The number of ether oxygens (including phenoxy) is 1. The summed E-state index contributed by atoms with van der Waals surface area (Å²) >= 11 is 0. The number of hydrogen-bond donors (Lipinski definition) is 1. The Hall–Kier alpha value is -3.07. The minimum absolute atomic E-state index is 0.114. The molecule has 2 amide bonds. The van der Waals surface area contributed by atoms with E-state index in [2.05, 4.69) is 5.32 Å². The summed E-state index contributed by atoms with van der Waals surface area (Å²) in [6.45, 7) is 5.76. The Bertz CT molecular complexity index is 1160. The van der Waals surface area contributed by atoms with Gasteiger partial charge >= 0.3 is 0 Å². The van der Waals surface area contributed by atoms with E-state index < -0.39 is 28.5 Å². The molecule has 202 valence electrons. The second-order valence-electron chi connectivity index (χ2n) is 9.59. The highest BCUT2D eigenvalue weighted by atomic mass is 32.2. The molecule has 0 bridgehead atoms. The number of benzene rings is 2. The molecule has 0 aliphatic heterocycles. The van der Waals surface area contributed by atoms with Gasteiger partial charge in [0.25, 0.3) is 0 Å². The molecule has 1 atom stereocenters. The number of carbonyl (C=O) groups is 2. The Labute approximate surface area is 221 Å². The molecule has 2 aromatic rings. The number of aryl methyl sites for hydroxylation is 1. The van der Waals surface area contributed by atoms with E-state index in [-0.39, 0.29) is 18.5 Å². The number of anilines is 1. The Morgan fingerprint density at radius 3 is 2.30 bits per heavy atom. The molecule has 0 spiro atoms. The molecule has 0 heterocycles. The van der Waals surface area contributed by atoms with E-state index in [0.29, 0.717) is 24.5 Å². The Balaban J connectivity index is 1.94. The van der Waals surface area contributed by atoms with Crippen molar-refractivity contribution in [1.82, 2.24) is 10.2 Å². The molecule has 1 aliphatic carbocycles. The molecule has 0 aromatic heterocycles. The average Bonchev–Trinajstić information content (AvgIpc) is 3.36. The lowest BCUT2D eigenvalue weighted by Gasteiger charge is -2.33. The van der Waals surface area contributed by atoms with Gasteiger partial charge in [0, 0.05) is 12.6 Å². The zero-order valence-electron chi connectivity index (χ0n) is 22.3. The van der Waals surface area contributed by atoms with Gasteiger partial charge in [0.05, 0.1) is 18.6 Å². The normalized spacial score (nSPS) is 14.7. The van der Waals surface area contributed by atoms with Crippen molar-refractivity contribution in [2.45, 2.75) is 71.5 Å². The van der Waals surface area contributed by atoms with Gasteiger partial charge in [0.2, 0.25) is 21.8 Å². The van der Waals surface area contributed by atoms with Crippen molar-refractivity contribution in [3.05, 3.63) is 59.7 Å². The fourth-order valence-corrected chi connectivity index (χ4v) is 5.57. The predicted octanol–water partition coefficient (Wildman–Crippen LogP) is 4.03. The van der Waals surface area contributed by atoms with Crippen LogP contribution >= 0.6 is 0 Å². The zero-order chi connectivity index (χ0) is 27.0. The average molecular weight is 530 g/mol. The molecule has 8 nitrogen and oxygen atoms in total. The smallest absolute Gasteiger partial charge is 0.244 e. The Morgan fingerprint density at radius 2 is 1.70 bits per heavy atom. The number of rotatable bonds is 12. The van der Waals surface area contributed by atoms with Crippen LogP contribution in [0.1, 0.15) is 57.1 Å². The third-order valence-corrected chi connectivity index (χ3v) is 7.80. The van der Waals surface area contributed by atoms with Crippen LogP contribution in [0.2, 0.25) is 0 Å². The first-order chi connectivity index (χ1) is 17.6. The molecular formula is C28H39N3O5S. The molecule has 1 saturated carbocycles. The van der Waals surface area contributed by atoms with Crippen molar-refractivity contribution in [2.24, 2.45) is 0 Å². The number of hydrogen-bond acceptors (Lipinski definition) is 5. The van der Waals surface area contributed by atoms with Crippen molar-refractivity contribution in [1.29, 1.82) is 0 Å². The third-order valence-electron chi connectivity index (χ3n) is 6.67. The van der Waals surface area contributed by atoms with Crippen molar-refractivity contribution in [2.75, 3.05) is 23.7 Å². The van der Waals surface area contributed by atoms with Gasteiger partial charge in [-0.05, 0) is 50.8 Å². The number of carbonyl (C=O) groups excluding carboxylic acids is 2. The molecule has 1 unspecified atom stereocenters. The third kappa shape index (κ3) is 7.71. The largest absolute Gasteiger partial charge is 0.492 e. The molecule has 0 radical (unpaired) electrons. The van der Waals surface area contributed by atoms with Crippen molar-refractivity contribution in [3.63, 3.8) is 0 Å². The highest BCUT2D eigenvalue weighted by Crippen LogP contribution is 2.30. The molecule has 0 saturated heterocycles. The van der Waals surface area contributed by atoms with Gasteiger partial charge in [-0.3, -0.25) is 13.9 Å². The standard InChI is InChI=1S/C28H39N3O5S/c1-5-24(28(33)29-23-11-7-8-12-23)30(19-22-17-15-21(3)16-18-22)27(32)20-31(37(4,34)35)25-13-9-10-14-26(25)36-6-2/h9-10,13-18,23-24H,5-8,11-12,19-20H2,1-4H3,(H,29,33). The highest BCUT2D eigenvalue weighted by molar-refractivity contribution is 7.92. The van der Waals surface area contributed by atoms with Crippen molar-refractivity contribution < 1.29 is 22.7 Å². The summed E-state index contributed by atoms with van der Waals surface area (Å²) in [7, 11) is -3.83. The lowest BCUT2D eigenvalue weighted by atomic mass is 10.1. The summed E-state index contributed by atoms with van der Waals surface area (Å²) in [6.07, 6.45) is 5.50. The van der Waals surface area contributed by atoms with Crippen LogP contribution in [0.5, 0.6) is 5.75 Å². The van der Waals surface area contributed by atoms with Crippen LogP contribution in [0.15, 0.2) is 48.5 Å². The van der Waals surface area contributed by atoms with Crippen LogP contribution in [0.4, 0.5) is 5.69 Å². The molecule has 37 heavy (non-hydrogen) atoms. The van der Waals surface area contributed by atoms with Crippen LogP contribution in [0, 0.1) is 6.92 Å². The second kappa shape index (κ2) is 12.9. The number of para-hydroxylation sites is 2. The van der Waals surface area contributed by atoms with Gasteiger partial charge in [-0.2, -0.15) is 0 Å². The van der Waals surface area contributed by atoms with Crippen molar-refractivity contribution >= 4 is 27.5 Å². The van der Waals surface area contributed by atoms with Gasteiger partial charge in [-0.25, -0.2) is 8.42 Å². The van der Waals surface area contributed by atoms with Crippen LogP contribution < -0.4 is 14.4 Å². The fraction of sp³-hybridized carbons (Fsp3) is 0.500. The van der Waals surface area contributed by atoms with Gasteiger partial charge in [0.1, 0.15) is 18.3 Å². The summed E-state index contributed by atoms with van der Waals surface area (Å²) < 4.78 is 32.4. The van der Waals surface area contributed by atoms with E-state index in [1.807, 2.05) is 45.0 Å². The molecule has 9 heteroatoms. The Morgan fingerprint density at radius 1 is 1.05 bits per heavy atom. The molecule has 1 N–H and O–H groups in total. The first-order valence-electron chi connectivity index (χ1n) is 13.0. The van der Waals surface area contributed by atoms with E-state index in [1.165, 1.54) is 4.90 Å². The van der Waals surface area contributed by atoms with Crippen LogP contribution in [0.25, 0.3) is 0 Å². The maximum Gasteiger partial charge on any atom is 0.244 e. The topological polar surface area (TPSA) is 96.0 Å². The minimum Gasteiger partial charge on any atom is -0.492 e. The summed E-state index contributed by atoms with van der Waals surface area (Å²) in [5.41, 5.74) is 2.24. The number of nitrogens with one attached hydrogen (secondary N) is 1. The molecule has 2 aromatic carbocycles. The molecular weight excluding hydrogens is 490 g/mol. The van der Waals surface area contributed by atoms with E-state index in [9.17, 15) is 18.0 Å². The first kappa shape index (κ1) is 28.5. The number of sulfonamides is 1. The SMILES string of the molecule is CCOc1ccccc1N(CC(=O)N(Cc1ccc(C)cc1)C(CC)C(=O)NC1CCCC1)S(C)(=O)=O. The zero-order valence-corrected chi connectivity index (χ0v) is 23.1. The lowest BCUT2D eigenvalue weighted by molar-refractivity contribution is -0.140. The van der Waals surface area contributed by atoms with E-state index in [0.717, 1.165) is 47.4 Å². The van der Waals surface area contributed by atoms with E-state index in [4.69, 9.17) is 4.74 Å². The second-order valence-corrected chi connectivity index (χ2v) is 11.5. The summed E-state index contributed by atoms with van der Waals surface area (Å²) in [5, 5.41) is 3.12. The van der Waals surface area contributed by atoms with Gasteiger partial charge < -0.3 is 15.0 Å². The predicted molar refractivity (Wildman–Crippen MR) is 146 cm³/mol. The summed E-state index contributed by atoms with van der Waals surface area (Å²) in [6, 6.07) is 13.9. The fourth-order valence-electron chi connectivity index (χ4n) is 4.71. The van der Waals surface area contributed by atoms with E-state index in [1.54, 1.807) is 24.3 Å². The number of amides is 2.